The summed E-state index contributed by atoms with van der Waals surface area (Å²) in [6.45, 7) is 7.13. The first kappa shape index (κ1) is 23.6. The van der Waals surface area contributed by atoms with Gasteiger partial charge in [0.1, 0.15) is 4.32 Å². The van der Waals surface area contributed by atoms with Crippen LogP contribution in [0.25, 0.3) is 6.08 Å². The smallest absolute Gasteiger partial charge is 0.266 e. The van der Waals surface area contributed by atoms with Gasteiger partial charge in [-0.1, -0.05) is 75.4 Å². The molecule has 1 aromatic heterocycles. The van der Waals surface area contributed by atoms with E-state index >= 15 is 0 Å². The van der Waals surface area contributed by atoms with Crippen molar-refractivity contribution in [1.29, 1.82) is 0 Å². The molecule has 0 spiro atoms. The van der Waals surface area contributed by atoms with Gasteiger partial charge in [0.15, 0.2) is 5.13 Å². The number of thiazole rings is 1. The van der Waals surface area contributed by atoms with Gasteiger partial charge in [0.25, 0.3) is 5.91 Å². The van der Waals surface area contributed by atoms with Crippen LogP contribution >= 0.6 is 35.3 Å². The minimum Gasteiger partial charge on any atom is -0.302 e. The minimum absolute atomic E-state index is 0.0269. The monoisotopic (exact) mass is 473 g/mol. The summed E-state index contributed by atoms with van der Waals surface area (Å²) >= 11 is 8.18. The first-order chi connectivity index (χ1) is 14.7. The third-order valence-corrected chi connectivity index (χ3v) is 6.98. The predicted octanol–water partition coefficient (Wildman–Crippen LogP) is 5.84. The number of nitrogens with one attached hydrogen (secondary N) is 1. The zero-order valence-corrected chi connectivity index (χ0v) is 20.5. The minimum atomic E-state index is -0.0311. The molecule has 0 unspecified atom stereocenters. The van der Waals surface area contributed by atoms with Crippen LogP contribution in [0.3, 0.4) is 0 Å². The second-order valence-electron chi connectivity index (χ2n) is 8.40. The van der Waals surface area contributed by atoms with Crippen LogP contribution in [0, 0.1) is 0 Å². The molecule has 0 aliphatic carbocycles. The molecular formula is C23H27N3O2S3. The lowest BCUT2D eigenvalue weighted by atomic mass is 9.87. The second-order valence-corrected chi connectivity index (χ2v) is 11.0. The molecule has 1 fully saturated rings. The number of unbranched alkanes of at least 4 members (excludes halogenated alkanes) is 2. The van der Waals surface area contributed by atoms with E-state index in [1.807, 2.05) is 23.6 Å². The largest absolute Gasteiger partial charge is 0.302 e. The molecule has 0 atom stereocenters. The number of aromatic nitrogens is 1. The summed E-state index contributed by atoms with van der Waals surface area (Å²) in [4.78, 5) is 31.0. The topological polar surface area (TPSA) is 62.3 Å². The zero-order chi connectivity index (χ0) is 22.4. The van der Waals surface area contributed by atoms with Gasteiger partial charge in [-0.2, -0.15) is 0 Å². The molecule has 5 nitrogen and oxygen atoms in total. The normalized spacial score (nSPS) is 15.7. The molecule has 1 saturated heterocycles. The van der Waals surface area contributed by atoms with E-state index in [1.54, 1.807) is 11.1 Å². The Balaban J connectivity index is 1.45. The first-order valence-electron chi connectivity index (χ1n) is 10.3. The molecule has 1 aliphatic rings. The number of nitrogens with zero attached hydrogens (tertiary/aromatic N) is 2. The molecule has 1 aliphatic heterocycles. The third-order valence-electron chi connectivity index (χ3n) is 4.91. The van der Waals surface area contributed by atoms with Crippen LogP contribution in [-0.2, 0) is 15.0 Å². The molecule has 0 bridgehead atoms. The molecule has 2 amide bonds. The van der Waals surface area contributed by atoms with Crippen molar-refractivity contribution in [3.05, 3.63) is 51.9 Å². The van der Waals surface area contributed by atoms with E-state index in [1.165, 1.54) is 28.7 Å². The van der Waals surface area contributed by atoms with Crippen molar-refractivity contribution in [1.82, 2.24) is 9.88 Å². The van der Waals surface area contributed by atoms with E-state index in [0.29, 0.717) is 27.3 Å². The van der Waals surface area contributed by atoms with Gasteiger partial charge in [-0.05, 0) is 35.5 Å². The van der Waals surface area contributed by atoms with E-state index in [-0.39, 0.29) is 17.2 Å². The Morgan fingerprint density at radius 2 is 1.94 bits per heavy atom. The van der Waals surface area contributed by atoms with Gasteiger partial charge in [0.2, 0.25) is 5.91 Å². The Kier molecular flexibility index (Phi) is 8.02. The number of carbonyl (C=O) groups excluding carboxylic acids is 2. The maximum atomic E-state index is 12.8. The quantitative estimate of drug-likeness (QED) is 0.296. The van der Waals surface area contributed by atoms with Crippen LogP contribution in [0.4, 0.5) is 5.13 Å². The van der Waals surface area contributed by atoms with Gasteiger partial charge in [-0.15, -0.1) is 11.3 Å². The lowest BCUT2D eigenvalue weighted by Crippen LogP contribution is -2.29. The van der Waals surface area contributed by atoms with Crippen LogP contribution in [0.5, 0.6) is 0 Å². The average molecular weight is 474 g/mol. The maximum Gasteiger partial charge on any atom is 0.266 e. The first-order valence-corrected chi connectivity index (χ1v) is 12.4. The molecule has 3 rings (SSSR count). The Morgan fingerprint density at radius 3 is 2.58 bits per heavy atom. The predicted molar refractivity (Wildman–Crippen MR) is 134 cm³/mol. The van der Waals surface area contributed by atoms with Crippen molar-refractivity contribution in [2.24, 2.45) is 0 Å². The van der Waals surface area contributed by atoms with Gasteiger partial charge in [0, 0.05) is 24.5 Å². The van der Waals surface area contributed by atoms with Crippen molar-refractivity contribution in [3.63, 3.8) is 0 Å². The number of hydrogen-bond donors (Lipinski definition) is 1. The summed E-state index contributed by atoms with van der Waals surface area (Å²) in [6, 6.07) is 8.31. The number of thioether (sulfide) groups is 1. The van der Waals surface area contributed by atoms with Gasteiger partial charge in [-0.25, -0.2) is 4.98 Å². The lowest BCUT2D eigenvalue weighted by molar-refractivity contribution is -0.122. The number of anilines is 1. The van der Waals surface area contributed by atoms with Crippen molar-refractivity contribution in [2.45, 2.75) is 51.9 Å². The summed E-state index contributed by atoms with van der Waals surface area (Å²) in [5, 5.41) is 5.23. The van der Waals surface area contributed by atoms with Gasteiger partial charge in [0.05, 0.1) is 4.91 Å². The van der Waals surface area contributed by atoms with Gasteiger partial charge < -0.3 is 5.32 Å². The van der Waals surface area contributed by atoms with Crippen LogP contribution < -0.4 is 5.32 Å². The Hall–Kier alpha value is -2.03. The van der Waals surface area contributed by atoms with E-state index in [9.17, 15) is 9.59 Å². The highest BCUT2D eigenvalue weighted by Crippen LogP contribution is 2.33. The van der Waals surface area contributed by atoms with Crippen molar-refractivity contribution in [2.75, 3.05) is 11.9 Å². The summed E-state index contributed by atoms with van der Waals surface area (Å²) in [5.41, 5.74) is 2.36. The average Bonchev–Trinajstić information content (AvgIpc) is 3.30. The molecular weight excluding hydrogens is 446 g/mol. The molecule has 31 heavy (non-hydrogen) atoms. The summed E-state index contributed by atoms with van der Waals surface area (Å²) in [7, 11) is 0. The highest BCUT2D eigenvalue weighted by molar-refractivity contribution is 8.26. The fourth-order valence-electron chi connectivity index (χ4n) is 3.12. The lowest BCUT2D eigenvalue weighted by Gasteiger charge is -2.18. The van der Waals surface area contributed by atoms with Crippen LogP contribution in [0.15, 0.2) is 40.7 Å². The summed E-state index contributed by atoms with van der Waals surface area (Å²) in [5.74, 6) is -0.0580. The second kappa shape index (κ2) is 10.5. The van der Waals surface area contributed by atoms with E-state index in [4.69, 9.17) is 12.2 Å². The highest BCUT2D eigenvalue weighted by atomic mass is 32.2. The number of thiocarbonyl (C=S) groups is 1. The van der Waals surface area contributed by atoms with Crippen molar-refractivity contribution < 1.29 is 9.59 Å². The fraction of sp³-hybridized carbons (Fsp3) is 0.391. The zero-order valence-electron chi connectivity index (χ0n) is 18.0. The number of benzene rings is 1. The van der Waals surface area contributed by atoms with E-state index in [0.717, 1.165) is 24.8 Å². The molecule has 164 valence electrons. The summed E-state index contributed by atoms with van der Waals surface area (Å²) in [6.07, 6.45) is 6.46. The molecule has 0 radical (unpaired) electrons. The van der Waals surface area contributed by atoms with Gasteiger partial charge in [-0.3, -0.25) is 14.5 Å². The molecule has 2 heterocycles. The Labute approximate surface area is 197 Å². The fourth-order valence-corrected chi connectivity index (χ4v) is 4.98. The number of hydrogen-bond acceptors (Lipinski definition) is 6. The summed E-state index contributed by atoms with van der Waals surface area (Å²) < 4.78 is 0.601. The Bertz CT molecular complexity index is 961. The molecule has 1 aromatic carbocycles. The van der Waals surface area contributed by atoms with E-state index < -0.39 is 0 Å². The maximum absolute atomic E-state index is 12.8. The molecule has 0 saturated carbocycles. The number of amides is 2. The third kappa shape index (κ3) is 6.72. The SMILES string of the molecule is CC(C)(C)c1ccc(/C=C2\SC(=S)N(CCCCCC(=O)Nc3nccs3)C2=O)cc1. The number of carbonyl (C=O) groups is 2. The standard InChI is InChI=1S/C23H27N3O2S3/c1-23(2,3)17-10-8-16(9-11-17)15-18-20(28)26(22(29)31-18)13-6-4-5-7-19(27)25-21-24-12-14-30-21/h8-12,14-15H,4-7,13H2,1-3H3,(H,24,25,27)/b18-15-. The van der Waals surface area contributed by atoms with Gasteiger partial charge >= 0.3 is 0 Å². The highest BCUT2D eigenvalue weighted by Gasteiger charge is 2.31. The van der Waals surface area contributed by atoms with Crippen LogP contribution in [0.1, 0.15) is 57.6 Å². The number of rotatable bonds is 8. The van der Waals surface area contributed by atoms with E-state index in [2.05, 4.69) is 43.2 Å². The molecule has 1 N–H and O–H groups in total. The van der Waals surface area contributed by atoms with Crippen molar-refractivity contribution >= 4 is 62.7 Å². The molecule has 8 heteroatoms. The van der Waals surface area contributed by atoms with Crippen LogP contribution in [-0.4, -0.2) is 32.6 Å². The van der Waals surface area contributed by atoms with Crippen LogP contribution in [0.2, 0.25) is 0 Å². The molecule has 2 aromatic rings. The van der Waals surface area contributed by atoms with Crippen molar-refractivity contribution in [3.8, 4) is 0 Å². The Morgan fingerprint density at radius 1 is 1.19 bits per heavy atom.